The average molecular weight is 515 g/mol. The second kappa shape index (κ2) is 13.3. The number of carbonyl (C=O) groups is 2. The van der Waals surface area contributed by atoms with Gasteiger partial charge in [0, 0.05) is 35.1 Å². The van der Waals surface area contributed by atoms with Crippen molar-refractivity contribution >= 4 is 35.0 Å². The van der Waals surface area contributed by atoms with Crippen molar-refractivity contribution in [3.8, 4) is 0 Å². The first kappa shape index (κ1) is 26.7. The summed E-state index contributed by atoms with van der Waals surface area (Å²) < 4.78 is 13.4. The van der Waals surface area contributed by atoms with Gasteiger partial charge in [-0.15, -0.1) is 0 Å². The summed E-state index contributed by atoms with van der Waals surface area (Å²) in [5.41, 5.74) is 2.15. The SMILES string of the molecule is CCCCNC(=O)C(Cc1ccccc1)N(Cc1c(Cl)cccc1Cl)C(=O)Cc1ccc(F)cc1. The highest BCUT2D eigenvalue weighted by atomic mass is 35.5. The van der Waals surface area contributed by atoms with Crippen LogP contribution in [0.1, 0.15) is 36.5 Å². The largest absolute Gasteiger partial charge is 0.354 e. The van der Waals surface area contributed by atoms with Crippen LogP contribution in [-0.2, 0) is 29.0 Å². The van der Waals surface area contributed by atoms with E-state index < -0.39 is 6.04 Å². The third-order valence-electron chi connectivity index (χ3n) is 5.76. The van der Waals surface area contributed by atoms with E-state index in [2.05, 4.69) is 5.32 Å². The second-order valence-corrected chi connectivity index (χ2v) is 9.19. The van der Waals surface area contributed by atoms with Gasteiger partial charge in [0.1, 0.15) is 11.9 Å². The molecule has 0 saturated carbocycles. The van der Waals surface area contributed by atoms with Gasteiger partial charge in [-0.1, -0.05) is 85.1 Å². The molecule has 1 atom stereocenters. The van der Waals surface area contributed by atoms with Gasteiger partial charge in [0.2, 0.25) is 11.8 Å². The minimum absolute atomic E-state index is 0.00980. The van der Waals surface area contributed by atoms with Crippen molar-refractivity contribution in [2.45, 2.75) is 45.2 Å². The molecule has 3 aromatic carbocycles. The number of carbonyl (C=O) groups excluding carboxylic acids is 2. The first-order valence-electron chi connectivity index (χ1n) is 11.7. The third kappa shape index (κ3) is 7.81. The first-order chi connectivity index (χ1) is 16.9. The van der Waals surface area contributed by atoms with Gasteiger partial charge >= 0.3 is 0 Å². The smallest absolute Gasteiger partial charge is 0.243 e. The summed E-state index contributed by atoms with van der Waals surface area (Å²) in [6.07, 6.45) is 2.11. The lowest BCUT2D eigenvalue weighted by Crippen LogP contribution is -2.51. The maximum absolute atomic E-state index is 13.7. The molecule has 184 valence electrons. The molecule has 1 N–H and O–H groups in total. The van der Waals surface area contributed by atoms with Gasteiger partial charge in [-0.3, -0.25) is 9.59 Å². The molecule has 0 aliphatic heterocycles. The monoisotopic (exact) mass is 514 g/mol. The fraction of sp³-hybridized carbons (Fsp3) is 0.286. The summed E-state index contributed by atoms with van der Waals surface area (Å²) in [4.78, 5) is 28.6. The highest BCUT2D eigenvalue weighted by Gasteiger charge is 2.31. The standard InChI is InChI=1S/C28H29Cl2FN2O2/c1-2-3-16-32-28(35)26(17-20-8-5-4-6-9-20)33(19-23-24(29)10-7-11-25(23)30)27(34)18-21-12-14-22(31)15-13-21/h4-15,26H,2-3,16-19H2,1H3,(H,32,35). The molecule has 0 bridgehead atoms. The van der Waals surface area contributed by atoms with Crippen molar-refractivity contribution in [1.82, 2.24) is 10.2 Å². The summed E-state index contributed by atoms with van der Waals surface area (Å²) in [6.45, 7) is 2.64. The highest BCUT2D eigenvalue weighted by Crippen LogP contribution is 2.27. The number of rotatable bonds is 11. The lowest BCUT2D eigenvalue weighted by Gasteiger charge is -2.32. The van der Waals surface area contributed by atoms with Crippen LogP contribution in [0.5, 0.6) is 0 Å². The number of hydrogen-bond acceptors (Lipinski definition) is 2. The maximum Gasteiger partial charge on any atom is 0.243 e. The molecule has 4 nitrogen and oxygen atoms in total. The Balaban J connectivity index is 1.98. The van der Waals surface area contributed by atoms with Gasteiger partial charge in [0.25, 0.3) is 0 Å². The van der Waals surface area contributed by atoms with E-state index >= 15 is 0 Å². The van der Waals surface area contributed by atoms with E-state index in [1.54, 1.807) is 30.3 Å². The Bertz CT molecular complexity index is 1100. The predicted octanol–water partition coefficient (Wildman–Crippen LogP) is 6.23. The normalized spacial score (nSPS) is 11.7. The van der Waals surface area contributed by atoms with Crippen molar-refractivity contribution in [2.24, 2.45) is 0 Å². The molecule has 0 saturated heterocycles. The van der Waals surface area contributed by atoms with Crippen molar-refractivity contribution in [3.05, 3.63) is 105 Å². The van der Waals surface area contributed by atoms with Crippen LogP contribution >= 0.6 is 23.2 Å². The fourth-order valence-electron chi connectivity index (χ4n) is 3.79. The Morgan fingerprint density at radius 3 is 2.20 bits per heavy atom. The van der Waals surface area contributed by atoms with Crippen LogP contribution < -0.4 is 5.32 Å². The molecule has 0 aromatic heterocycles. The number of nitrogens with zero attached hydrogens (tertiary/aromatic N) is 1. The quantitative estimate of drug-likeness (QED) is 0.308. The molecule has 7 heteroatoms. The third-order valence-corrected chi connectivity index (χ3v) is 6.47. The zero-order valence-electron chi connectivity index (χ0n) is 19.6. The van der Waals surface area contributed by atoms with E-state index in [0.717, 1.165) is 18.4 Å². The number of hydrogen-bond donors (Lipinski definition) is 1. The second-order valence-electron chi connectivity index (χ2n) is 8.38. The maximum atomic E-state index is 13.7. The van der Waals surface area contributed by atoms with Gasteiger partial charge in [0.15, 0.2) is 0 Å². The van der Waals surface area contributed by atoms with Gasteiger partial charge in [-0.25, -0.2) is 4.39 Å². The minimum Gasteiger partial charge on any atom is -0.354 e. The number of unbranched alkanes of at least 4 members (excludes halogenated alkanes) is 1. The van der Waals surface area contributed by atoms with Crippen LogP contribution in [0.2, 0.25) is 10.0 Å². The Labute approximate surface area is 216 Å². The van der Waals surface area contributed by atoms with Gasteiger partial charge in [-0.2, -0.15) is 0 Å². The van der Waals surface area contributed by atoms with Crippen molar-refractivity contribution < 1.29 is 14.0 Å². The summed E-state index contributed by atoms with van der Waals surface area (Å²) in [7, 11) is 0. The van der Waals surface area contributed by atoms with Crippen molar-refractivity contribution in [2.75, 3.05) is 6.54 Å². The van der Waals surface area contributed by atoms with E-state index in [0.29, 0.717) is 34.1 Å². The zero-order chi connectivity index (χ0) is 25.2. The van der Waals surface area contributed by atoms with E-state index in [9.17, 15) is 14.0 Å². The van der Waals surface area contributed by atoms with Crippen molar-refractivity contribution in [1.29, 1.82) is 0 Å². The molecule has 0 radical (unpaired) electrons. The molecule has 0 fully saturated rings. The number of halogens is 3. The van der Waals surface area contributed by atoms with E-state index in [4.69, 9.17) is 23.2 Å². The summed E-state index contributed by atoms with van der Waals surface area (Å²) in [5, 5.41) is 3.81. The molecule has 0 aliphatic carbocycles. The highest BCUT2D eigenvalue weighted by molar-refractivity contribution is 6.36. The molecule has 0 spiro atoms. The zero-order valence-corrected chi connectivity index (χ0v) is 21.2. The molecule has 0 heterocycles. The molecular formula is C28H29Cl2FN2O2. The summed E-state index contributed by atoms with van der Waals surface area (Å²) in [6, 6.07) is 19.7. The lowest BCUT2D eigenvalue weighted by atomic mass is 10.0. The molecule has 1 unspecified atom stereocenters. The summed E-state index contributed by atoms with van der Waals surface area (Å²) >= 11 is 12.9. The van der Waals surface area contributed by atoms with Crippen LogP contribution in [0.25, 0.3) is 0 Å². The summed E-state index contributed by atoms with van der Waals surface area (Å²) in [5.74, 6) is -0.893. The van der Waals surface area contributed by atoms with Crippen LogP contribution in [0, 0.1) is 5.82 Å². The predicted molar refractivity (Wildman–Crippen MR) is 139 cm³/mol. The fourth-order valence-corrected chi connectivity index (χ4v) is 4.31. The molecule has 35 heavy (non-hydrogen) atoms. The minimum atomic E-state index is -0.783. The van der Waals surface area contributed by atoms with Crippen LogP contribution in [0.15, 0.2) is 72.8 Å². The van der Waals surface area contributed by atoms with Crippen molar-refractivity contribution in [3.63, 3.8) is 0 Å². The number of benzene rings is 3. The Kier molecular flexibility index (Phi) is 10.1. The molecular weight excluding hydrogens is 486 g/mol. The van der Waals surface area contributed by atoms with Gasteiger partial charge < -0.3 is 10.2 Å². The Hall–Kier alpha value is -2.89. The average Bonchev–Trinajstić information content (AvgIpc) is 2.85. The topological polar surface area (TPSA) is 49.4 Å². The number of nitrogens with one attached hydrogen (secondary N) is 1. The van der Waals surface area contributed by atoms with Crippen LogP contribution in [-0.4, -0.2) is 29.3 Å². The van der Waals surface area contributed by atoms with E-state index in [-0.39, 0.29) is 30.6 Å². The molecule has 3 rings (SSSR count). The van der Waals surface area contributed by atoms with Gasteiger partial charge in [0.05, 0.1) is 6.42 Å². The Morgan fingerprint density at radius 1 is 0.914 bits per heavy atom. The molecule has 0 aliphatic rings. The molecule has 2 amide bonds. The van der Waals surface area contributed by atoms with E-state index in [1.165, 1.54) is 17.0 Å². The molecule has 3 aromatic rings. The lowest BCUT2D eigenvalue weighted by molar-refractivity contribution is -0.140. The van der Waals surface area contributed by atoms with Crippen LogP contribution in [0.4, 0.5) is 4.39 Å². The first-order valence-corrected chi connectivity index (χ1v) is 12.4. The van der Waals surface area contributed by atoms with Crippen LogP contribution in [0.3, 0.4) is 0 Å². The number of amides is 2. The van der Waals surface area contributed by atoms with E-state index in [1.807, 2.05) is 37.3 Å². The van der Waals surface area contributed by atoms with Gasteiger partial charge in [-0.05, 0) is 41.8 Å². The Morgan fingerprint density at radius 2 is 1.57 bits per heavy atom.